The van der Waals surface area contributed by atoms with E-state index in [0.717, 1.165) is 68.0 Å². The summed E-state index contributed by atoms with van der Waals surface area (Å²) < 4.78 is 108. The second kappa shape index (κ2) is 44.4. The Morgan fingerprint density at radius 1 is 0.418 bits per heavy atom. The number of carbonyl (C=O) groups is 10. The molecule has 38 nitrogen and oxygen atoms in total. The summed E-state index contributed by atoms with van der Waals surface area (Å²) in [5.74, 6) is -13.4. The number of alkyl halides is 6. The SMILES string of the molecule is C#C[C@@]1(O)[C@H](O)C(=C)O[C@H]1N1C=CC(=O)CC1=O.C#C[C@]1(O)[C@H](N2C=CC(=O)CC2=O)O[C@](F)(CI)[C@H]1O.C#C[C@]1(OC(=O)c2ccccc2)[C@H](n2ccc(=O)n(C(=O)c3ccccc3)c2=O)O[C@](F)(CI)[C@H]1C.C#C[C@]1(OC(=O)c2ccccc2)[C@H](n2ccc(=O)n(C(=O)c3ccccc3)c2=O)O[C@](F)(CO)[C@H]1C.CC[C@]1(OC(=O)c2ccccc2)[C@H](n2ccc(=O)n(C(=O)c3ccccc3)c2=O)O[C@](F)(CO)[C@H]1C. The standard InChI is InChI=1S/C26H20FIN2O6.C26H25FN2O7.C26H21FN2O7.C12H11FINO5.C12H11NO5/c1-3-25(35-22(33)19-12-8-5-9-13-19)17(2)26(27,16-28)36-23(25)29-15-14-20(31)30(24(29)34)21(32)18-10-6-4-7-11-18;2*1-3-25(35-22(33)19-12-8-5-9-13-19)17(2)26(27,16-30)36-23(25)28-15-14-20(31)29(24(28)34)21(32)18-10-6-4-7-11-18;1-2-11(19)9(18)12(13,6-14)20-10(11)15-4-3-7(16)5-8(15)17;1-3-12(17)10(16)7(2)18-11(12)13-5-4-8(14)6-9(13)15/h1,4-15,17,23H,16H2,2H3;4-15,17,23,30H,3,16H2,1-2H3;1,4-15,17,23,30H,16H2,2H3;1,3-4,9-10,18-19H,5-6H2;1,4-5,10-11,16-17H,2,6H2/t3*17-,23+,25+,26+;9-,10+,11+,12+;10-,11-,12-/m00001/s1. The maximum absolute atomic E-state index is 15.9. The van der Waals surface area contributed by atoms with E-state index in [1.165, 1.54) is 106 Å². The summed E-state index contributed by atoms with van der Waals surface area (Å²) in [5.41, 5.74) is -16.1. The number of nitrogens with zero attached hydrogens (tertiary/aromatic N) is 8. The van der Waals surface area contributed by atoms with Crippen LogP contribution in [-0.2, 0) is 57.1 Å². The van der Waals surface area contributed by atoms with Crippen molar-refractivity contribution in [1.82, 2.24) is 37.2 Å². The Balaban J connectivity index is 0.000000167. The molecule has 16 rings (SSSR count). The van der Waals surface area contributed by atoms with Crippen LogP contribution in [-0.4, -0.2) is 225 Å². The average Bonchev–Trinajstić information content (AvgIpc) is 1.57. The summed E-state index contributed by atoms with van der Waals surface area (Å²) in [5, 5.41) is 59.5. The molecule has 7 aliphatic heterocycles. The number of benzene rings is 6. The van der Waals surface area contributed by atoms with Gasteiger partial charge in [0.05, 0.1) is 56.1 Å². The predicted molar refractivity (Wildman–Crippen MR) is 520 cm³/mol. The van der Waals surface area contributed by atoms with E-state index in [1.54, 1.807) is 161 Å². The van der Waals surface area contributed by atoms with Gasteiger partial charge in [-0.25, -0.2) is 46.3 Å². The van der Waals surface area contributed by atoms with Crippen molar-refractivity contribution in [3.8, 4) is 49.4 Å². The number of hydrogen-bond acceptors (Lipinski definition) is 30. The molecule has 6 N–H and O–H groups in total. The summed E-state index contributed by atoms with van der Waals surface area (Å²) in [6.07, 6.45) is 17.2. The Bertz CT molecular complexity index is 7010. The number of amides is 2. The Morgan fingerprint density at radius 3 is 1.04 bits per heavy atom. The molecule has 3 aromatic heterocycles. The average molecular weight is 2240 g/mol. The number of ketones is 2. The summed E-state index contributed by atoms with van der Waals surface area (Å²) in [7, 11) is 0. The Labute approximate surface area is 852 Å². The van der Waals surface area contributed by atoms with Gasteiger partial charge in [-0.15, -0.1) is 25.7 Å². The Morgan fingerprint density at radius 2 is 0.719 bits per heavy atom. The van der Waals surface area contributed by atoms with Crippen LogP contribution >= 0.6 is 45.2 Å². The quantitative estimate of drug-likeness (QED) is 0.0105. The molecular formula is C102H88F4I2N8O30. The number of allylic oxidation sites excluding steroid dienone is 2. The number of halogens is 6. The van der Waals surface area contributed by atoms with Crippen LogP contribution < -0.4 is 33.7 Å². The largest absolute Gasteiger partial charge is 0.468 e. The van der Waals surface area contributed by atoms with Crippen molar-refractivity contribution in [3.63, 3.8) is 0 Å². The lowest BCUT2D eigenvalue weighted by Gasteiger charge is -2.36. The maximum atomic E-state index is 15.9. The number of esters is 3. The highest BCUT2D eigenvalue weighted by atomic mass is 127. The molecule has 19 atom stereocenters. The third kappa shape index (κ3) is 20.7. The van der Waals surface area contributed by atoms with Crippen molar-refractivity contribution in [1.29, 1.82) is 0 Å². The highest BCUT2D eigenvalue weighted by Crippen LogP contribution is 2.56. The van der Waals surface area contributed by atoms with Crippen LogP contribution in [0.4, 0.5) is 17.6 Å². The van der Waals surface area contributed by atoms with E-state index in [1.807, 2.05) is 11.8 Å². The Kier molecular flexibility index (Phi) is 33.4. The van der Waals surface area contributed by atoms with E-state index in [2.05, 4.69) is 18.4 Å². The number of carbonyl (C=O) groups excluding carboxylic acids is 10. The maximum Gasteiger partial charge on any atom is 0.340 e. The molecule has 5 fully saturated rings. The van der Waals surface area contributed by atoms with Gasteiger partial charge >= 0.3 is 35.0 Å². The third-order valence-corrected chi connectivity index (χ3v) is 27.1. The second-order valence-corrected chi connectivity index (χ2v) is 35.0. The molecule has 146 heavy (non-hydrogen) atoms. The molecule has 0 spiro atoms. The predicted octanol–water partition coefficient (Wildman–Crippen LogP) is 5.85. The molecule has 0 bridgehead atoms. The lowest BCUT2D eigenvalue weighted by Crippen LogP contribution is -2.55. The van der Waals surface area contributed by atoms with Gasteiger partial charge in [0.25, 0.3) is 34.4 Å². The zero-order chi connectivity index (χ0) is 107. The van der Waals surface area contributed by atoms with Gasteiger partial charge in [0.1, 0.15) is 19.0 Å². The first-order chi connectivity index (χ1) is 69.2. The minimum atomic E-state index is -2.82. The smallest absolute Gasteiger partial charge is 0.340 e. The number of hydrogen-bond donors (Lipinski definition) is 6. The third-order valence-electron chi connectivity index (χ3n) is 25.0. The Hall–Kier alpha value is -14.9. The normalized spacial score (nSPS) is 28.7. The van der Waals surface area contributed by atoms with Crippen molar-refractivity contribution in [2.24, 2.45) is 17.8 Å². The zero-order valence-corrected chi connectivity index (χ0v) is 81.5. The molecule has 9 aromatic rings. The van der Waals surface area contributed by atoms with Gasteiger partial charge in [-0.1, -0.05) is 212 Å². The lowest BCUT2D eigenvalue weighted by molar-refractivity contribution is -0.195. The monoisotopic (exact) mass is 2230 g/mol. The van der Waals surface area contributed by atoms with Crippen molar-refractivity contribution >= 4 is 104 Å². The lowest BCUT2D eigenvalue weighted by atomic mass is 9.82. The van der Waals surface area contributed by atoms with Crippen molar-refractivity contribution in [2.75, 3.05) is 22.1 Å². The van der Waals surface area contributed by atoms with Gasteiger partial charge in [-0.2, -0.15) is 13.7 Å². The minimum Gasteiger partial charge on any atom is -0.468 e. The topological polar surface area (TPSA) is 504 Å². The number of ether oxygens (including phenoxy) is 8. The fraction of sp³-hybridized carbons (Fsp3) is 0.294. The number of rotatable bonds is 19. The van der Waals surface area contributed by atoms with Crippen LogP contribution in [0.2, 0.25) is 0 Å². The molecule has 7 aliphatic rings. The van der Waals surface area contributed by atoms with Gasteiger partial charge in [0, 0.05) is 65.9 Å². The van der Waals surface area contributed by atoms with Crippen molar-refractivity contribution in [2.45, 2.75) is 142 Å². The van der Waals surface area contributed by atoms with Gasteiger partial charge in [-0.05, 0) is 91.4 Å². The molecule has 2 amide bonds. The van der Waals surface area contributed by atoms with E-state index < -0.39 is 219 Å². The van der Waals surface area contributed by atoms with Gasteiger partial charge in [0.15, 0.2) is 54.3 Å². The van der Waals surface area contributed by atoms with Crippen LogP contribution in [0.3, 0.4) is 0 Å². The highest BCUT2D eigenvalue weighted by molar-refractivity contribution is 14.1. The number of aliphatic hydroxyl groups is 6. The molecule has 10 heterocycles. The molecule has 0 radical (unpaired) electrons. The van der Waals surface area contributed by atoms with Crippen LogP contribution in [0.15, 0.2) is 284 Å². The summed E-state index contributed by atoms with van der Waals surface area (Å²) >= 11 is 3.39. The van der Waals surface area contributed by atoms with Gasteiger partial charge in [-0.3, -0.25) is 71.4 Å². The molecule has 6 aromatic carbocycles. The fourth-order valence-corrected chi connectivity index (χ4v) is 18.0. The molecule has 758 valence electrons. The van der Waals surface area contributed by atoms with Crippen LogP contribution in [0.5, 0.6) is 0 Å². The van der Waals surface area contributed by atoms with E-state index in [-0.39, 0.29) is 66.6 Å². The molecule has 5 saturated heterocycles. The van der Waals surface area contributed by atoms with E-state index in [0.29, 0.717) is 18.3 Å². The summed E-state index contributed by atoms with van der Waals surface area (Å²) in [4.78, 5) is 203. The highest BCUT2D eigenvalue weighted by Gasteiger charge is 2.70. The summed E-state index contributed by atoms with van der Waals surface area (Å²) in [6, 6.07) is 49.4. The first kappa shape index (κ1) is 110. The van der Waals surface area contributed by atoms with Crippen molar-refractivity contribution in [3.05, 3.63) is 352 Å². The molecule has 0 unspecified atom stereocenters. The van der Waals surface area contributed by atoms with E-state index in [4.69, 9.17) is 63.6 Å². The van der Waals surface area contributed by atoms with Gasteiger partial charge in [0.2, 0.25) is 63.9 Å². The summed E-state index contributed by atoms with van der Waals surface area (Å²) in [6.45, 7) is 6.83. The van der Waals surface area contributed by atoms with E-state index >= 15 is 13.2 Å². The fourth-order valence-electron chi connectivity index (χ4n) is 16.5. The van der Waals surface area contributed by atoms with Gasteiger partial charge < -0.3 is 68.5 Å². The molecular weight excluding hydrogens is 2150 g/mol. The zero-order valence-electron chi connectivity index (χ0n) is 77.2. The molecule has 0 saturated carbocycles. The number of aliphatic hydroxyl groups excluding tert-OH is 4. The van der Waals surface area contributed by atoms with Crippen LogP contribution in [0, 0.1) is 67.1 Å². The number of aromatic nitrogens is 6. The molecule has 0 aliphatic carbocycles. The number of terminal acetylenes is 4. The first-order valence-electron chi connectivity index (χ1n) is 43.8. The van der Waals surface area contributed by atoms with Crippen LogP contribution in [0.25, 0.3) is 0 Å². The first-order valence-corrected chi connectivity index (χ1v) is 46.9. The van der Waals surface area contributed by atoms with E-state index in [9.17, 15) is 112 Å². The minimum absolute atomic E-state index is 0.0126. The van der Waals surface area contributed by atoms with Crippen LogP contribution in [0.1, 0.15) is 128 Å². The second-order valence-electron chi connectivity index (χ2n) is 33.5. The molecule has 44 heteroatoms. The van der Waals surface area contributed by atoms with Crippen molar-refractivity contribution < 1.29 is 134 Å².